The lowest BCUT2D eigenvalue weighted by Gasteiger charge is -2.41. The molecule has 1 aromatic heterocycles. The highest BCUT2D eigenvalue weighted by molar-refractivity contribution is 5.90. The van der Waals surface area contributed by atoms with Crippen LogP contribution < -0.4 is 4.90 Å². The van der Waals surface area contributed by atoms with Gasteiger partial charge in [0.1, 0.15) is 5.76 Å². The van der Waals surface area contributed by atoms with Gasteiger partial charge in [0, 0.05) is 30.3 Å². The Kier molecular flexibility index (Phi) is 6.40. The van der Waals surface area contributed by atoms with E-state index >= 15 is 0 Å². The van der Waals surface area contributed by atoms with E-state index < -0.39 is 0 Å². The second kappa shape index (κ2) is 9.21. The number of benzene rings is 1. The van der Waals surface area contributed by atoms with Crippen molar-refractivity contribution in [2.24, 2.45) is 0 Å². The van der Waals surface area contributed by atoms with Gasteiger partial charge in [-0.05, 0) is 49.9 Å². The third kappa shape index (κ3) is 4.97. The lowest BCUT2D eigenvalue weighted by atomic mass is 9.89. The maximum atomic E-state index is 12.9. The van der Waals surface area contributed by atoms with Crippen LogP contribution in [-0.4, -0.2) is 43.0 Å². The largest absolute Gasteiger partial charge is 0.361 e. The number of aromatic nitrogens is 1. The summed E-state index contributed by atoms with van der Waals surface area (Å²) in [6.07, 6.45) is 4.03. The quantitative estimate of drug-likeness (QED) is 0.639. The number of hydrogen-bond donors (Lipinski definition) is 0. The molecule has 31 heavy (non-hydrogen) atoms. The topological polar surface area (TPSA) is 88.6 Å². The van der Waals surface area contributed by atoms with Crippen LogP contribution in [0.2, 0.25) is 0 Å². The molecule has 0 saturated carbocycles. The Balaban J connectivity index is 1.33. The smallest absolute Gasteiger partial charge is 0.162 e. The van der Waals surface area contributed by atoms with Crippen LogP contribution in [0, 0.1) is 11.3 Å². The molecule has 0 radical (unpaired) electrons. The fourth-order valence-electron chi connectivity index (χ4n) is 3.98. The molecule has 1 aromatic carbocycles. The first-order valence-electron chi connectivity index (χ1n) is 10.9. The van der Waals surface area contributed by atoms with Crippen LogP contribution >= 0.6 is 0 Å². The molecular formula is C24H29N3O4. The van der Waals surface area contributed by atoms with Gasteiger partial charge in [-0.25, -0.2) is 0 Å². The Morgan fingerprint density at radius 3 is 2.74 bits per heavy atom. The van der Waals surface area contributed by atoms with Gasteiger partial charge in [0.25, 0.3) is 0 Å². The van der Waals surface area contributed by atoms with Gasteiger partial charge in [0.2, 0.25) is 0 Å². The average Bonchev–Trinajstić information content (AvgIpc) is 3.22. The number of ketones is 1. The summed E-state index contributed by atoms with van der Waals surface area (Å²) < 4.78 is 17.1. The minimum absolute atomic E-state index is 0.114. The Morgan fingerprint density at radius 2 is 2.10 bits per heavy atom. The maximum Gasteiger partial charge on any atom is 0.162 e. The lowest BCUT2D eigenvalue weighted by Crippen LogP contribution is -2.53. The zero-order valence-corrected chi connectivity index (χ0v) is 18.2. The number of nitrogens with zero attached hydrogens (tertiary/aromatic N) is 3. The number of nitriles is 1. The van der Waals surface area contributed by atoms with Crippen LogP contribution in [0.25, 0.3) is 0 Å². The molecule has 4 rings (SSSR count). The molecule has 0 aliphatic carbocycles. The van der Waals surface area contributed by atoms with Crippen molar-refractivity contribution in [1.82, 2.24) is 5.16 Å². The van der Waals surface area contributed by atoms with Crippen molar-refractivity contribution in [3.63, 3.8) is 0 Å². The van der Waals surface area contributed by atoms with E-state index in [9.17, 15) is 4.79 Å². The normalized spacial score (nSPS) is 21.4. The molecule has 2 fully saturated rings. The van der Waals surface area contributed by atoms with Crippen molar-refractivity contribution in [3.8, 4) is 6.07 Å². The standard InChI is InChI=1S/C24H29N3O4/c1-24(2,16-30-23-5-3-4-12-29-23)22-14-19(31-26-22)13-21(28)20-10-11-27(20)18-8-6-17(15-25)7-9-18/h6-9,14,20,23H,3-5,10-13,16H2,1-2H3/t20-,23?/m0/s1. The first-order chi connectivity index (χ1) is 15.0. The molecule has 164 valence electrons. The first kappa shape index (κ1) is 21.5. The fraction of sp³-hybridized carbons (Fsp3) is 0.542. The Hall–Kier alpha value is -2.69. The summed E-state index contributed by atoms with van der Waals surface area (Å²) in [4.78, 5) is 14.9. The van der Waals surface area contributed by atoms with E-state index in [2.05, 4.69) is 30.0 Å². The summed E-state index contributed by atoms with van der Waals surface area (Å²) in [6.45, 7) is 6.17. The Morgan fingerprint density at radius 1 is 1.29 bits per heavy atom. The molecular weight excluding hydrogens is 394 g/mol. The number of carbonyl (C=O) groups excluding carboxylic acids is 1. The summed E-state index contributed by atoms with van der Waals surface area (Å²) in [5.74, 6) is 0.691. The molecule has 2 aliphatic heterocycles. The highest BCUT2D eigenvalue weighted by Gasteiger charge is 2.35. The Bertz CT molecular complexity index is 938. The molecule has 1 unspecified atom stereocenters. The van der Waals surface area contributed by atoms with E-state index in [4.69, 9.17) is 19.3 Å². The minimum atomic E-state index is -0.337. The molecule has 0 spiro atoms. The minimum Gasteiger partial charge on any atom is -0.361 e. The van der Waals surface area contributed by atoms with E-state index in [0.717, 1.165) is 50.2 Å². The average molecular weight is 424 g/mol. The van der Waals surface area contributed by atoms with Crippen molar-refractivity contribution in [2.45, 2.75) is 63.7 Å². The third-order valence-corrected chi connectivity index (χ3v) is 6.09. The maximum absolute atomic E-state index is 12.9. The molecule has 0 amide bonds. The number of Topliss-reactive ketones (excluding diaryl/α,β-unsaturated/α-hetero) is 1. The molecule has 2 saturated heterocycles. The second-order valence-electron chi connectivity index (χ2n) is 8.97. The van der Waals surface area contributed by atoms with Gasteiger partial charge in [0.05, 0.1) is 36.4 Å². The molecule has 2 aliphatic rings. The van der Waals surface area contributed by atoms with E-state index in [1.165, 1.54) is 0 Å². The monoisotopic (exact) mass is 423 g/mol. The number of anilines is 1. The van der Waals surface area contributed by atoms with Crippen LogP contribution in [-0.2, 0) is 26.1 Å². The molecule has 7 nitrogen and oxygen atoms in total. The highest BCUT2D eigenvalue weighted by Crippen LogP contribution is 2.29. The van der Waals surface area contributed by atoms with E-state index in [1.807, 2.05) is 18.2 Å². The molecule has 0 bridgehead atoms. The van der Waals surface area contributed by atoms with E-state index in [-0.39, 0.29) is 30.0 Å². The van der Waals surface area contributed by atoms with Crippen LogP contribution in [0.3, 0.4) is 0 Å². The van der Waals surface area contributed by atoms with Crippen LogP contribution in [0.15, 0.2) is 34.9 Å². The van der Waals surface area contributed by atoms with Gasteiger partial charge >= 0.3 is 0 Å². The van der Waals surface area contributed by atoms with Gasteiger partial charge in [-0.1, -0.05) is 19.0 Å². The summed E-state index contributed by atoms with van der Waals surface area (Å²) >= 11 is 0. The van der Waals surface area contributed by atoms with Crippen molar-refractivity contribution in [3.05, 3.63) is 47.3 Å². The number of ether oxygens (including phenoxy) is 2. The molecule has 2 aromatic rings. The molecule has 7 heteroatoms. The zero-order valence-electron chi connectivity index (χ0n) is 18.2. The third-order valence-electron chi connectivity index (χ3n) is 6.09. The second-order valence-corrected chi connectivity index (χ2v) is 8.97. The number of hydrogen-bond acceptors (Lipinski definition) is 7. The van der Waals surface area contributed by atoms with Gasteiger partial charge in [-0.3, -0.25) is 4.79 Å². The lowest BCUT2D eigenvalue weighted by molar-refractivity contribution is -0.170. The zero-order chi connectivity index (χ0) is 21.8. The highest BCUT2D eigenvalue weighted by atomic mass is 16.7. The van der Waals surface area contributed by atoms with Gasteiger partial charge in [0.15, 0.2) is 12.1 Å². The van der Waals surface area contributed by atoms with Crippen LogP contribution in [0.1, 0.15) is 56.5 Å². The van der Waals surface area contributed by atoms with Crippen LogP contribution in [0.4, 0.5) is 5.69 Å². The molecule has 3 heterocycles. The number of rotatable bonds is 8. The van der Waals surface area contributed by atoms with Crippen LogP contribution in [0.5, 0.6) is 0 Å². The van der Waals surface area contributed by atoms with Crippen molar-refractivity contribution in [1.29, 1.82) is 5.26 Å². The summed E-state index contributed by atoms with van der Waals surface area (Å²) in [5.41, 5.74) is 2.02. The predicted octanol–water partition coefficient (Wildman–Crippen LogP) is 3.76. The van der Waals surface area contributed by atoms with Gasteiger partial charge in [-0.15, -0.1) is 0 Å². The summed E-state index contributed by atoms with van der Waals surface area (Å²) in [6, 6.07) is 11.2. The van der Waals surface area contributed by atoms with Gasteiger partial charge < -0.3 is 18.9 Å². The SMILES string of the molecule is CC(C)(COC1CCCCO1)c1cc(CC(=O)[C@@H]2CCN2c2ccc(C#N)cc2)on1. The molecule has 2 atom stereocenters. The summed E-state index contributed by atoms with van der Waals surface area (Å²) in [5, 5.41) is 13.2. The van der Waals surface area contributed by atoms with Crippen molar-refractivity contribution >= 4 is 11.5 Å². The van der Waals surface area contributed by atoms with Crippen molar-refractivity contribution < 1.29 is 18.8 Å². The predicted molar refractivity (Wildman–Crippen MR) is 115 cm³/mol. The number of carbonyl (C=O) groups is 1. The first-order valence-corrected chi connectivity index (χ1v) is 10.9. The van der Waals surface area contributed by atoms with E-state index in [1.54, 1.807) is 12.1 Å². The van der Waals surface area contributed by atoms with E-state index in [0.29, 0.717) is 17.9 Å². The van der Waals surface area contributed by atoms with Crippen molar-refractivity contribution in [2.75, 3.05) is 24.7 Å². The van der Waals surface area contributed by atoms with Gasteiger partial charge in [-0.2, -0.15) is 5.26 Å². The summed E-state index contributed by atoms with van der Waals surface area (Å²) in [7, 11) is 0. The fourth-order valence-corrected chi connectivity index (χ4v) is 3.98. The Labute approximate surface area is 182 Å². The molecule has 0 N–H and O–H groups in total.